The molecule has 0 bridgehead atoms. The number of hydrogen-bond donors (Lipinski definition) is 2. The van der Waals surface area contributed by atoms with Crippen molar-refractivity contribution in [2.45, 2.75) is 39.3 Å². The highest BCUT2D eigenvalue weighted by atomic mass is 16.4. The molecule has 2 unspecified atom stereocenters. The number of urea groups is 1. The maximum atomic E-state index is 12.5. The molecule has 0 aromatic carbocycles. The lowest BCUT2D eigenvalue weighted by Gasteiger charge is -2.37. The Bertz CT molecular complexity index is 530. The molecule has 1 aromatic rings. The van der Waals surface area contributed by atoms with E-state index in [1.807, 2.05) is 6.92 Å². The third kappa shape index (κ3) is 3.50. The average Bonchev–Trinajstić information content (AvgIpc) is 2.83. The Hall–Kier alpha value is -2.12. The fourth-order valence-electron chi connectivity index (χ4n) is 2.56. The first kappa shape index (κ1) is 15.3. The van der Waals surface area contributed by atoms with Gasteiger partial charge in [-0.15, -0.1) is 0 Å². The second kappa shape index (κ2) is 6.11. The number of aryl methyl sites for hydroxylation is 1. The van der Waals surface area contributed by atoms with Gasteiger partial charge in [0.2, 0.25) is 0 Å². The van der Waals surface area contributed by atoms with Crippen LogP contribution in [0, 0.1) is 12.8 Å². The van der Waals surface area contributed by atoms with E-state index in [1.165, 1.54) is 9.80 Å². The zero-order chi connectivity index (χ0) is 15.6. The summed E-state index contributed by atoms with van der Waals surface area (Å²) in [6, 6.07) is -1.05. The molecule has 116 valence electrons. The lowest BCUT2D eigenvalue weighted by molar-refractivity contribution is -0.144. The maximum absolute atomic E-state index is 12.5. The summed E-state index contributed by atoms with van der Waals surface area (Å²) in [5, 5.41) is 16.0. The maximum Gasteiger partial charge on any atom is 0.326 e. The van der Waals surface area contributed by atoms with E-state index in [9.17, 15) is 14.7 Å². The third-order valence-corrected chi connectivity index (χ3v) is 3.74. The fraction of sp³-hybridized carbons (Fsp3) is 0.692. The molecule has 1 aliphatic rings. The van der Waals surface area contributed by atoms with Gasteiger partial charge in [0.05, 0.1) is 6.54 Å². The molecular formula is C13H21N5O3. The van der Waals surface area contributed by atoms with Crippen LogP contribution >= 0.6 is 0 Å². The van der Waals surface area contributed by atoms with Crippen molar-refractivity contribution >= 4 is 12.0 Å². The first-order valence-corrected chi connectivity index (χ1v) is 7.01. The van der Waals surface area contributed by atoms with Gasteiger partial charge in [-0.3, -0.25) is 5.10 Å². The van der Waals surface area contributed by atoms with Gasteiger partial charge < -0.3 is 14.9 Å². The van der Waals surface area contributed by atoms with Gasteiger partial charge in [0.1, 0.15) is 11.9 Å². The lowest BCUT2D eigenvalue weighted by Crippen LogP contribution is -2.53. The summed E-state index contributed by atoms with van der Waals surface area (Å²) in [6.45, 7) is 4.51. The van der Waals surface area contributed by atoms with Gasteiger partial charge in [-0.25, -0.2) is 14.6 Å². The molecule has 0 aliphatic carbocycles. The normalized spacial score (nSPS) is 22.1. The first-order valence-electron chi connectivity index (χ1n) is 7.01. The van der Waals surface area contributed by atoms with Gasteiger partial charge in [0.15, 0.2) is 5.82 Å². The van der Waals surface area contributed by atoms with Crippen molar-refractivity contribution in [1.29, 1.82) is 0 Å². The molecular weight excluding hydrogens is 274 g/mol. The first-order chi connectivity index (χ1) is 9.88. The highest BCUT2D eigenvalue weighted by molar-refractivity contribution is 5.82. The highest BCUT2D eigenvalue weighted by Gasteiger charge is 2.36. The summed E-state index contributed by atoms with van der Waals surface area (Å²) >= 11 is 0. The zero-order valence-electron chi connectivity index (χ0n) is 12.5. The van der Waals surface area contributed by atoms with Gasteiger partial charge in [0.25, 0.3) is 0 Å². The lowest BCUT2D eigenvalue weighted by atomic mass is 9.93. The molecule has 1 saturated heterocycles. The smallest absolute Gasteiger partial charge is 0.326 e. The number of aliphatic carboxylic acids is 1. The van der Waals surface area contributed by atoms with Crippen molar-refractivity contribution < 1.29 is 14.7 Å². The number of carbonyl (C=O) groups excluding carboxylic acids is 1. The molecule has 21 heavy (non-hydrogen) atoms. The number of hydrogen-bond acceptors (Lipinski definition) is 4. The van der Waals surface area contributed by atoms with Crippen molar-refractivity contribution in [3.63, 3.8) is 0 Å². The van der Waals surface area contributed by atoms with Crippen LogP contribution in [0.4, 0.5) is 4.79 Å². The zero-order valence-corrected chi connectivity index (χ0v) is 12.5. The number of aromatic amines is 1. The summed E-state index contributed by atoms with van der Waals surface area (Å²) in [5.74, 6) is 0.565. The van der Waals surface area contributed by atoms with Gasteiger partial charge in [-0.1, -0.05) is 6.92 Å². The SMILES string of the molecule is Cc1nc(CN(C)C(=O)N2CCC(C)CC2C(=O)O)n[nH]1. The summed E-state index contributed by atoms with van der Waals surface area (Å²) in [5.41, 5.74) is 0. The number of H-pyrrole nitrogens is 1. The number of carboxylic acids is 1. The topological polar surface area (TPSA) is 102 Å². The molecule has 0 radical (unpaired) electrons. The minimum atomic E-state index is -0.947. The molecule has 2 amide bonds. The van der Waals surface area contributed by atoms with Crippen molar-refractivity contribution in [1.82, 2.24) is 25.0 Å². The van der Waals surface area contributed by atoms with Crippen LogP contribution in [0.25, 0.3) is 0 Å². The Morgan fingerprint density at radius 3 is 2.81 bits per heavy atom. The molecule has 2 atom stereocenters. The predicted octanol–water partition coefficient (Wildman–Crippen LogP) is 0.850. The standard InChI is InChI=1S/C13H21N5O3/c1-8-4-5-18(10(6-8)12(19)20)13(21)17(3)7-11-14-9(2)15-16-11/h8,10H,4-7H2,1-3H3,(H,19,20)(H,14,15,16). The second-order valence-electron chi connectivity index (χ2n) is 5.65. The number of likely N-dealkylation sites (tertiary alicyclic amines) is 1. The highest BCUT2D eigenvalue weighted by Crippen LogP contribution is 2.23. The fourth-order valence-corrected chi connectivity index (χ4v) is 2.56. The van der Waals surface area contributed by atoms with Crippen molar-refractivity contribution in [2.24, 2.45) is 5.92 Å². The Morgan fingerprint density at radius 2 is 2.24 bits per heavy atom. The molecule has 1 aromatic heterocycles. The van der Waals surface area contributed by atoms with Gasteiger partial charge in [0, 0.05) is 13.6 Å². The predicted molar refractivity (Wildman–Crippen MR) is 74.5 cm³/mol. The van der Waals surface area contributed by atoms with Crippen LogP contribution in [0.1, 0.15) is 31.4 Å². The molecule has 1 aliphatic heterocycles. The van der Waals surface area contributed by atoms with Crippen molar-refractivity contribution in [3.8, 4) is 0 Å². The minimum Gasteiger partial charge on any atom is -0.480 e. The summed E-state index contributed by atoms with van der Waals surface area (Å²) in [6.07, 6.45) is 1.32. The second-order valence-corrected chi connectivity index (χ2v) is 5.65. The number of piperidine rings is 1. The van der Waals surface area contributed by atoms with Gasteiger partial charge in [-0.2, -0.15) is 5.10 Å². The van der Waals surface area contributed by atoms with E-state index in [0.717, 1.165) is 6.42 Å². The Morgan fingerprint density at radius 1 is 1.52 bits per heavy atom. The monoisotopic (exact) mass is 295 g/mol. The van der Waals surface area contributed by atoms with E-state index < -0.39 is 12.0 Å². The van der Waals surface area contributed by atoms with E-state index in [2.05, 4.69) is 15.2 Å². The van der Waals surface area contributed by atoms with E-state index in [4.69, 9.17) is 0 Å². The van der Waals surface area contributed by atoms with Crippen molar-refractivity contribution in [2.75, 3.05) is 13.6 Å². The molecule has 0 spiro atoms. The third-order valence-electron chi connectivity index (χ3n) is 3.74. The molecule has 2 N–H and O–H groups in total. The Kier molecular flexibility index (Phi) is 4.44. The Balaban J connectivity index is 2.04. The number of nitrogens with one attached hydrogen (secondary N) is 1. The van der Waals surface area contributed by atoms with Gasteiger partial charge in [-0.05, 0) is 25.7 Å². The van der Waals surface area contributed by atoms with E-state index in [-0.39, 0.29) is 12.6 Å². The van der Waals surface area contributed by atoms with Crippen LogP contribution in [-0.2, 0) is 11.3 Å². The van der Waals surface area contributed by atoms with Crippen molar-refractivity contribution in [3.05, 3.63) is 11.6 Å². The number of aromatic nitrogens is 3. The molecule has 1 fully saturated rings. The van der Waals surface area contributed by atoms with Crippen LogP contribution in [0.2, 0.25) is 0 Å². The van der Waals surface area contributed by atoms with E-state index in [0.29, 0.717) is 30.5 Å². The number of amides is 2. The molecule has 2 heterocycles. The van der Waals surface area contributed by atoms with Gasteiger partial charge >= 0.3 is 12.0 Å². The Labute approximate surface area is 123 Å². The number of nitrogens with zero attached hydrogens (tertiary/aromatic N) is 4. The number of carbonyl (C=O) groups is 2. The van der Waals surface area contributed by atoms with Crippen LogP contribution in [0.5, 0.6) is 0 Å². The largest absolute Gasteiger partial charge is 0.480 e. The molecule has 8 nitrogen and oxygen atoms in total. The molecule has 0 saturated carbocycles. The number of rotatable bonds is 3. The van der Waals surface area contributed by atoms with E-state index in [1.54, 1.807) is 14.0 Å². The van der Waals surface area contributed by atoms with Crippen LogP contribution < -0.4 is 0 Å². The average molecular weight is 295 g/mol. The van der Waals surface area contributed by atoms with Crippen LogP contribution in [0.15, 0.2) is 0 Å². The summed E-state index contributed by atoms with van der Waals surface area (Å²) in [4.78, 5) is 30.8. The quantitative estimate of drug-likeness (QED) is 0.860. The van der Waals surface area contributed by atoms with Crippen LogP contribution in [0.3, 0.4) is 0 Å². The summed E-state index contributed by atoms with van der Waals surface area (Å²) < 4.78 is 0. The van der Waals surface area contributed by atoms with E-state index >= 15 is 0 Å². The molecule has 2 rings (SSSR count). The minimum absolute atomic E-state index is 0.252. The summed E-state index contributed by atoms with van der Waals surface area (Å²) in [7, 11) is 1.63. The molecule has 8 heteroatoms. The number of carboxylic acid groups (broad SMARTS) is 1. The van der Waals surface area contributed by atoms with Crippen LogP contribution in [-0.4, -0.2) is 61.7 Å².